The van der Waals surface area contributed by atoms with Gasteiger partial charge in [-0.1, -0.05) is 20.8 Å². The molecule has 1 aromatic heterocycles. The predicted molar refractivity (Wildman–Crippen MR) is 89.0 cm³/mol. The van der Waals surface area contributed by atoms with E-state index in [2.05, 4.69) is 10.6 Å². The van der Waals surface area contributed by atoms with Crippen molar-refractivity contribution in [3.05, 3.63) is 16.0 Å². The third-order valence-corrected chi connectivity index (χ3v) is 4.89. The third kappa shape index (κ3) is 4.10. The highest BCUT2D eigenvalue weighted by molar-refractivity contribution is 7.17. The Morgan fingerprint density at radius 2 is 1.91 bits per heavy atom. The number of amides is 2. The lowest BCUT2D eigenvalue weighted by Gasteiger charge is -2.18. The molecule has 0 unspecified atom stereocenters. The quantitative estimate of drug-likeness (QED) is 0.768. The molecule has 0 fully saturated rings. The number of rotatable bonds is 5. The molecule has 0 saturated heterocycles. The topological polar surface area (TPSA) is 95.5 Å². The normalized spacial score (nSPS) is 13.5. The number of hydrogen-bond acceptors (Lipinski definition) is 4. The maximum absolute atomic E-state index is 12.5. The molecule has 3 N–H and O–H groups in total. The molecule has 2 rings (SSSR count). The van der Waals surface area contributed by atoms with Crippen molar-refractivity contribution in [3.8, 4) is 0 Å². The zero-order valence-electron chi connectivity index (χ0n) is 13.6. The summed E-state index contributed by atoms with van der Waals surface area (Å²) in [6.07, 6.45) is 2.62. The van der Waals surface area contributed by atoms with Crippen LogP contribution in [0, 0.1) is 5.41 Å². The SMILES string of the molecule is CC(C)(C)C(=O)Nc1sc2c(c1C(=O)NCCC(=O)O)CCC2. The Labute approximate surface area is 139 Å². The summed E-state index contributed by atoms with van der Waals surface area (Å²) >= 11 is 1.45. The second-order valence-corrected chi connectivity index (χ2v) is 7.77. The van der Waals surface area contributed by atoms with E-state index in [0.717, 1.165) is 29.7 Å². The summed E-state index contributed by atoms with van der Waals surface area (Å²) in [4.78, 5) is 36.4. The zero-order chi connectivity index (χ0) is 17.2. The number of nitrogens with one attached hydrogen (secondary N) is 2. The highest BCUT2D eigenvalue weighted by Crippen LogP contribution is 2.39. The molecule has 0 bridgehead atoms. The number of carboxylic acid groups (broad SMARTS) is 1. The molecular weight excluding hydrogens is 316 g/mol. The Morgan fingerprint density at radius 1 is 1.22 bits per heavy atom. The van der Waals surface area contributed by atoms with Crippen molar-refractivity contribution >= 4 is 34.1 Å². The average molecular weight is 338 g/mol. The number of anilines is 1. The lowest BCUT2D eigenvalue weighted by atomic mass is 9.95. The Bertz CT molecular complexity index is 643. The molecule has 1 aliphatic carbocycles. The minimum Gasteiger partial charge on any atom is -0.481 e. The molecule has 0 aliphatic heterocycles. The van der Waals surface area contributed by atoms with Crippen LogP contribution in [0.1, 0.15) is 54.4 Å². The number of fused-ring (bicyclic) bond motifs is 1. The number of carbonyl (C=O) groups excluding carboxylic acids is 2. The van der Waals surface area contributed by atoms with Crippen LogP contribution in [0.25, 0.3) is 0 Å². The fraction of sp³-hybridized carbons (Fsp3) is 0.562. The van der Waals surface area contributed by atoms with Gasteiger partial charge in [0, 0.05) is 16.8 Å². The number of hydrogen-bond donors (Lipinski definition) is 3. The van der Waals surface area contributed by atoms with Gasteiger partial charge in [-0.05, 0) is 24.8 Å². The molecule has 1 aromatic rings. The third-order valence-electron chi connectivity index (χ3n) is 3.68. The molecule has 2 amide bonds. The van der Waals surface area contributed by atoms with Gasteiger partial charge in [0.25, 0.3) is 5.91 Å². The monoisotopic (exact) mass is 338 g/mol. The van der Waals surface area contributed by atoms with Crippen LogP contribution < -0.4 is 10.6 Å². The Hall–Kier alpha value is -1.89. The molecule has 0 saturated carbocycles. The molecule has 23 heavy (non-hydrogen) atoms. The number of thiophene rings is 1. The number of aliphatic carboxylic acids is 1. The lowest BCUT2D eigenvalue weighted by molar-refractivity contribution is -0.136. The number of carboxylic acids is 1. The standard InChI is InChI=1S/C16H22N2O4S/c1-16(2,3)15(22)18-14-12(9-5-4-6-10(9)23-14)13(21)17-8-7-11(19)20/h4-8H2,1-3H3,(H,17,21)(H,18,22)(H,19,20). The summed E-state index contributed by atoms with van der Waals surface area (Å²) in [6, 6.07) is 0. The highest BCUT2D eigenvalue weighted by Gasteiger charge is 2.29. The molecule has 126 valence electrons. The fourth-order valence-corrected chi connectivity index (χ4v) is 3.68. The van der Waals surface area contributed by atoms with Crippen LogP contribution in [0.2, 0.25) is 0 Å². The molecule has 0 spiro atoms. The maximum Gasteiger partial charge on any atom is 0.305 e. The van der Waals surface area contributed by atoms with Gasteiger partial charge in [0.05, 0.1) is 12.0 Å². The largest absolute Gasteiger partial charge is 0.481 e. The molecule has 1 heterocycles. The fourth-order valence-electron chi connectivity index (χ4n) is 2.39. The van der Waals surface area contributed by atoms with E-state index in [1.54, 1.807) is 0 Å². The summed E-state index contributed by atoms with van der Waals surface area (Å²) < 4.78 is 0. The second-order valence-electron chi connectivity index (χ2n) is 6.67. The minimum absolute atomic E-state index is 0.0748. The lowest BCUT2D eigenvalue weighted by Crippen LogP contribution is -2.30. The molecule has 7 heteroatoms. The molecular formula is C16H22N2O4S. The van der Waals surface area contributed by atoms with Crippen molar-refractivity contribution in [2.24, 2.45) is 5.41 Å². The number of aryl methyl sites for hydroxylation is 1. The van der Waals surface area contributed by atoms with Gasteiger partial charge in [0.1, 0.15) is 5.00 Å². The summed E-state index contributed by atoms with van der Waals surface area (Å²) in [5.41, 5.74) is 0.948. The van der Waals surface area contributed by atoms with Gasteiger partial charge in [0.2, 0.25) is 5.91 Å². The Morgan fingerprint density at radius 3 is 2.52 bits per heavy atom. The minimum atomic E-state index is -0.956. The first kappa shape index (κ1) is 17.5. The van der Waals surface area contributed by atoms with E-state index < -0.39 is 11.4 Å². The Balaban J connectivity index is 2.21. The highest BCUT2D eigenvalue weighted by atomic mass is 32.1. The Kier molecular flexibility index (Phi) is 5.09. The van der Waals surface area contributed by atoms with Crippen LogP contribution in [0.15, 0.2) is 0 Å². The van der Waals surface area contributed by atoms with Crippen LogP contribution in [-0.4, -0.2) is 29.4 Å². The van der Waals surface area contributed by atoms with E-state index in [1.165, 1.54) is 11.3 Å². The van der Waals surface area contributed by atoms with Crippen molar-refractivity contribution in [2.75, 3.05) is 11.9 Å². The van der Waals surface area contributed by atoms with E-state index in [-0.39, 0.29) is 24.8 Å². The summed E-state index contributed by atoms with van der Waals surface area (Å²) in [5.74, 6) is -1.41. The van der Waals surface area contributed by atoms with Gasteiger partial charge in [-0.15, -0.1) is 11.3 Å². The predicted octanol–water partition coefficient (Wildman–Crippen LogP) is 2.43. The van der Waals surface area contributed by atoms with Crippen LogP contribution in [-0.2, 0) is 22.4 Å². The van der Waals surface area contributed by atoms with Crippen LogP contribution in [0.5, 0.6) is 0 Å². The van der Waals surface area contributed by atoms with Gasteiger partial charge in [-0.2, -0.15) is 0 Å². The van der Waals surface area contributed by atoms with Gasteiger partial charge in [0.15, 0.2) is 0 Å². The van der Waals surface area contributed by atoms with Crippen molar-refractivity contribution < 1.29 is 19.5 Å². The van der Waals surface area contributed by atoms with Gasteiger partial charge in [-0.3, -0.25) is 14.4 Å². The van der Waals surface area contributed by atoms with E-state index >= 15 is 0 Å². The summed E-state index contributed by atoms with van der Waals surface area (Å²) in [5, 5.41) is 14.7. The van der Waals surface area contributed by atoms with Gasteiger partial charge in [-0.25, -0.2) is 0 Å². The van der Waals surface area contributed by atoms with E-state index in [1.807, 2.05) is 20.8 Å². The average Bonchev–Trinajstić information content (AvgIpc) is 2.96. The molecule has 6 nitrogen and oxygen atoms in total. The van der Waals surface area contributed by atoms with E-state index in [4.69, 9.17) is 5.11 Å². The van der Waals surface area contributed by atoms with Crippen LogP contribution in [0.4, 0.5) is 5.00 Å². The van der Waals surface area contributed by atoms with Gasteiger partial charge < -0.3 is 15.7 Å². The first-order valence-corrected chi connectivity index (χ1v) is 8.47. The van der Waals surface area contributed by atoms with Crippen molar-refractivity contribution in [3.63, 3.8) is 0 Å². The summed E-state index contributed by atoms with van der Waals surface area (Å²) in [6.45, 7) is 5.52. The van der Waals surface area contributed by atoms with E-state index in [9.17, 15) is 14.4 Å². The number of carbonyl (C=O) groups is 3. The van der Waals surface area contributed by atoms with Crippen LogP contribution >= 0.6 is 11.3 Å². The zero-order valence-corrected chi connectivity index (χ0v) is 14.4. The molecule has 0 aromatic carbocycles. The first-order valence-electron chi connectivity index (χ1n) is 7.66. The van der Waals surface area contributed by atoms with E-state index in [0.29, 0.717) is 10.6 Å². The van der Waals surface area contributed by atoms with Gasteiger partial charge >= 0.3 is 5.97 Å². The maximum atomic E-state index is 12.5. The molecule has 1 aliphatic rings. The van der Waals surface area contributed by atoms with Crippen molar-refractivity contribution in [2.45, 2.75) is 46.5 Å². The van der Waals surface area contributed by atoms with Crippen LogP contribution in [0.3, 0.4) is 0 Å². The van der Waals surface area contributed by atoms with Crippen molar-refractivity contribution in [1.82, 2.24) is 5.32 Å². The first-order chi connectivity index (χ1) is 10.7. The molecule has 0 radical (unpaired) electrons. The second kappa shape index (κ2) is 6.70. The molecule has 0 atom stereocenters. The van der Waals surface area contributed by atoms with Crippen molar-refractivity contribution in [1.29, 1.82) is 0 Å². The smallest absolute Gasteiger partial charge is 0.305 e. The summed E-state index contributed by atoms with van der Waals surface area (Å²) in [7, 11) is 0.